The van der Waals surface area contributed by atoms with Crippen LogP contribution in [0, 0.1) is 13.8 Å². The average molecular weight is 468 g/mol. The van der Waals surface area contributed by atoms with Gasteiger partial charge in [-0.25, -0.2) is 4.98 Å². The second kappa shape index (κ2) is 12.0. The van der Waals surface area contributed by atoms with Gasteiger partial charge in [-0.3, -0.25) is 4.79 Å². The smallest absolute Gasteiger partial charge is 0.244 e. The number of para-hydroxylation sites is 3. The van der Waals surface area contributed by atoms with Gasteiger partial charge in [0, 0.05) is 25.6 Å². The molecule has 180 valence electrons. The van der Waals surface area contributed by atoms with Crippen LogP contribution in [-0.4, -0.2) is 28.6 Å². The summed E-state index contributed by atoms with van der Waals surface area (Å²) in [6.45, 7) is 6.27. The van der Waals surface area contributed by atoms with E-state index in [1.165, 1.54) is 11.1 Å². The maximum Gasteiger partial charge on any atom is 0.244 e. The highest BCUT2D eigenvalue weighted by atomic mass is 16.5. The number of hydrogen-bond acceptors (Lipinski definition) is 3. The summed E-state index contributed by atoms with van der Waals surface area (Å²) in [6.07, 6.45) is 6.03. The van der Waals surface area contributed by atoms with Gasteiger partial charge in [0.25, 0.3) is 0 Å². The second-order valence-corrected chi connectivity index (χ2v) is 8.73. The predicted octanol–water partition coefficient (Wildman–Crippen LogP) is 5.88. The fourth-order valence-electron chi connectivity index (χ4n) is 4.23. The van der Waals surface area contributed by atoms with Crippen molar-refractivity contribution in [3.63, 3.8) is 0 Å². The highest BCUT2D eigenvalue weighted by Crippen LogP contribution is 2.23. The van der Waals surface area contributed by atoms with Crippen LogP contribution in [0.3, 0.4) is 0 Å². The largest absolute Gasteiger partial charge is 0.493 e. The molecule has 0 radical (unpaired) electrons. The first-order valence-corrected chi connectivity index (χ1v) is 12.3. The van der Waals surface area contributed by atoms with E-state index < -0.39 is 0 Å². The monoisotopic (exact) mass is 467 g/mol. The van der Waals surface area contributed by atoms with Crippen molar-refractivity contribution >= 4 is 23.0 Å². The van der Waals surface area contributed by atoms with Crippen LogP contribution in [0.25, 0.3) is 17.1 Å². The first-order valence-electron chi connectivity index (χ1n) is 12.3. The average Bonchev–Trinajstić information content (AvgIpc) is 3.22. The van der Waals surface area contributed by atoms with E-state index >= 15 is 0 Å². The number of fused-ring (bicyclic) bond motifs is 1. The molecule has 1 aromatic heterocycles. The van der Waals surface area contributed by atoms with Crippen molar-refractivity contribution in [3.05, 3.63) is 101 Å². The molecule has 0 unspecified atom stereocenters. The van der Waals surface area contributed by atoms with E-state index in [0.717, 1.165) is 47.6 Å². The van der Waals surface area contributed by atoms with Gasteiger partial charge in [0.05, 0.1) is 17.6 Å². The minimum Gasteiger partial charge on any atom is -0.493 e. The van der Waals surface area contributed by atoms with E-state index in [1.54, 1.807) is 6.08 Å². The number of nitrogens with zero attached hydrogens (tertiary/aromatic N) is 2. The molecule has 0 saturated carbocycles. The molecule has 0 aliphatic heterocycles. The Morgan fingerprint density at radius 2 is 1.69 bits per heavy atom. The number of nitrogens with one attached hydrogen (secondary N) is 1. The molecular weight excluding hydrogens is 434 g/mol. The molecule has 0 saturated heterocycles. The highest BCUT2D eigenvalue weighted by Gasteiger charge is 2.11. The van der Waals surface area contributed by atoms with E-state index in [0.29, 0.717) is 19.6 Å². The molecule has 0 aliphatic rings. The fourth-order valence-corrected chi connectivity index (χ4v) is 4.23. The fraction of sp³-hybridized carbons (Fsp3) is 0.267. The van der Waals surface area contributed by atoms with Crippen molar-refractivity contribution in [3.8, 4) is 5.75 Å². The third kappa shape index (κ3) is 6.60. The number of unbranched alkanes of at least 4 members (excludes halogenated alkanes) is 1. The lowest BCUT2D eigenvalue weighted by atomic mass is 10.1. The van der Waals surface area contributed by atoms with Gasteiger partial charge < -0.3 is 14.6 Å². The molecular formula is C30H33N3O2. The van der Waals surface area contributed by atoms with E-state index in [1.807, 2.05) is 54.6 Å². The first kappa shape index (κ1) is 24.3. The van der Waals surface area contributed by atoms with Crippen molar-refractivity contribution in [2.75, 3.05) is 13.2 Å². The molecule has 4 aromatic rings. The van der Waals surface area contributed by atoms with Crippen LogP contribution in [-0.2, 0) is 17.8 Å². The summed E-state index contributed by atoms with van der Waals surface area (Å²) >= 11 is 0. The van der Waals surface area contributed by atoms with Crippen LogP contribution in [0.1, 0.15) is 35.4 Å². The lowest BCUT2D eigenvalue weighted by Gasteiger charge is -2.13. The molecule has 5 heteroatoms. The number of benzene rings is 3. The van der Waals surface area contributed by atoms with E-state index in [9.17, 15) is 4.79 Å². The van der Waals surface area contributed by atoms with Crippen LogP contribution < -0.4 is 10.1 Å². The van der Waals surface area contributed by atoms with E-state index in [2.05, 4.69) is 48.0 Å². The number of carbonyl (C=O) groups is 1. The Morgan fingerprint density at radius 3 is 2.49 bits per heavy atom. The van der Waals surface area contributed by atoms with Crippen molar-refractivity contribution in [1.82, 2.24) is 14.9 Å². The molecule has 1 heterocycles. The zero-order valence-electron chi connectivity index (χ0n) is 20.5. The highest BCUT2D eigenvalue weighted by molar-refractivity contribution is 5.91. The Morgan fingerprint density at radius 1 is 0.943 bits per heavy atom. The third-order valence-corrected chi connectivity index (χ3v) is 6.04. The lowest BCUT2D eigenvalue weighted by Crippen LogP contribution is -2.24. The minimum atomic E-state index is -0.0971. The number of imidazole rings is 1. The molecule has 0 fully saturated rings. The molecule has 0 aliphatic carbocycles. The van der Waals surface area contributed by atoms with Crippen LogP contribution >= 0.6 is 0 Å². The zero-order chi connectivity index (χ0) is 24.5. The quantitative estimate of drug-likeness (QED) is 0.221. The topological polar surface area (TPSA) is 56.1 Å². The molecule has 4 rings (SSSR count). The molecule has 0 atom stereocenters. The van der Waals surface area contributed by atoms with Crippen molar-refractivity contribution < 1.29 is 9.53 Å². The number of rotatable bonds is 11. The van der Waals surface area contributed by atoms with Gasteiger partial charge in [0.15, 0.2) is 0 Å². The van der Waals surface area contributed by atoms with Crippen LogP contribution in [0.5, 0.6) is 5.75 Å². The molecule has 0 bridgehead atoms. The summed E-state index contributed by atoms with van der Waals surface area (Å²) in [6, 6.07) is 24.3. The molecule has 5 nitrogen and oxygen atoms in total. The van der Waals surface area contributed by atoms with Gasteiger partial charge >= 0.3 is 0 Å². The van der Waals surface area contributed by atoms with Crippen LogP contribution in [0.15, 0.2) is 78.9 Å². The summed E-state index contributed by atoms with van der Waals surface area (Å²) < 4.78 is 8.35. The van der Waals surface area contributed by atoms with E-state index in [-0.39, 0.29) is 5.91 Å². The maximum atomic E-state index is 12.2. The standard InChI is InChI=1S/C30H33N3O2/c1-23-11-10-12-24(2)30(23)35-22-9-8-21-33-27-16-7-6-15-26(27)32-28(33)19-20-31-29(34)18-17-25-13-4-3-5-14-25/h3-7,10-18H,8-9,19-22H2,1-2H3,(H,31,34)/b18-17+. The number of carbonyl (C=O) groups excluding carboxylic acids is 1. The van der Waals surface area contributed by atoms with E-state index in [4.69, 9.17) is 9.72 Å². The van der Waals surface area contributed by atoms with Crippen molar-refractivity contribution in [1.29, 1.82) is 0 Å². The zero-order valence-corrected chi connectivity index (χ0v) is 20.5. The number of aryl methyl sites for hydroxylation is 3. The number of hydrogen-bond donors (Lipinski definition) is 1. The summed E-state index contributed by atoms with van der Waals surface area (Å²) in [5, 5.41) is 2.98. The van der Waals surface area contributed by atoms with Gasteiger partial charge in [0.1, 0.15) is 11.6 Å². The molecule has 3 aromatic carbocycles. The molecule has 0 spiro atoms. The molecule has 35 heavy (non-hydrogen) atoms. The Balaban J connectivity index is 1.31. The van der Waals surface area contributed by atoms with Crippen LogP contribution in [0.2, 0.25) is 0 Å². The third-order valence-electron chi connectivity index (χ3n) is 6.04. The second-order valence-electron chi connectivity index (χ2n) is 8.73. The SMILES string of the molecule is Cc1cccc(C)c1OCCCCn1c(CCNC(=O)/C=C/c2ccccc2)nc2ccccc21. The number of ether oxygens (including phenoxy) is 1. The molecule has 1 N–H and O–H groups in total. The molecule has 1 amide bonds. The first-order chi connectivity index (χ1) is 17.1. The Kier molecular flexibility index (Phi) is 8.34. The van der Waals surface area contributed by atoms with Gasteiger partial charge in [-0.1, -0.05) is 60.7 Å². The maximum absolute atomic E-state index is 12.2. The van der Waals surface area contributed by atoms with Gasteiger partial charge in [-0.2, -0.15) is 0 Å². The normalized spacial score (nSPS) is 11.3. The lowest BCUT2D eigenvalue weighted by molar-refractivity contribution is -0.116. The predicted molar refractivity (Wildman–Crippen MR) is 143 cm³/mol. The Labute approximate surface area is 207 Å². The minimum absolute atomic E-state index is 0.0971. The number of amides is 1. The van der Waals surface area contributed by atoms with Crippen molar-refractivity contribution in [2.24, 2.45) is 0 Å². The van der Waals surface area contributed by atoms with Gasteiger partial charge in [-0.05, 0) is 61.6 Å². The van der Waals surface area contributed by atoms with Gasteiger partial charge in [-0.15, -0.1) is 0 Å². The number of aromatic nitrogens is 2. The summed E-state index contributed by atoms with van der Waals surface area (Å²) in [5.41, 5.74) is 5.48. The summed E-state index contributed by atoms with van der Waals surface area (Å²) in [4.78, 5) is 17.1. The van der Waals surface area contributed by atoms with Crippen LogP contribution in [0.4, 0.5) is 0 Å². The summed E-state index contributed by atoms with van der Waals surface area (Å²) in [7, 11) is 0. The van der Waals surface area contributed by atoms with Gasteiger partial charge in [0.2, 0.25) is 5.91 Å². The summed E-state index contributed by atoms with van der Waals surface area (Å²) in [5.74, 6) is 1.90. The Bertz CT molecular complexity index is 1270. The Hall–Kier alpha value is -3.86. The van der Waals surface area contributed by atoms with Crippen molar-refractivity contribution in [2.45, 2.75) is 39.7 Å².